The van der Waals surface area contributed by atoms with E-state index in [0.717, 1.165) is 205 Å². The Labute approximate surface area is 794 Å². The van der Waals surface area contributed by atoms with E-state index in [4.69, 9.17) is 61.5 Å². The number of hydrogen-bond acceptors (Lipinski definition) is 24. The lowest BCUT2D eigenvalue weighted by atomic mass is 9.94. The van der Waals surface area contributed by atoms with Crippen molar-refractivity contribution in [2.24, 2.45) is 20.6 Å². The summed E-state index contributed by atoms with van der Waals surface area (Å²) in [5.41, 5.74) is 15.0. The maximum absolute atomic E-state index is 12.9. The lowest BCUT2D eigenvalue weighted by Crippen LogP contribution is -2.39. The van der Waals surface area contributed by atoms with E-state index in [0.29, 0.717) is 144 Å². The molecule has 0 bridgehead atoms. The molecule has 4 saturated heterocycles. The minimum Gasteiger partial charge on any atom is -0.462 e. The number of fused-ring (bicyclic) bond motifs is 4. The predicted molar refractivity (Wildman–Crippen MR) is 527 cm³/mol. The fourth-order valence-electron chi connectivity index (χ4n) is 15.3. The number of oxime groups is 4. The maximum Gasteiger partial charge on any atom is 0.338 e. The molecule has 0 atom stereocenters. The molecule has 24 nitrogen and oxygen atoms in total. The number of halogens is 2. The summed E-state index contributed by atoms with van der Waals surface area (Å²) in [5.74, 6) is 6.00. The molecule has 0 N–H and O–H groups in total. The zero-order valence-corrected chi connectivity index (χ0v) is 81.3. The first-order chi connectivity index (χ1) is 63.0. The number of carbonyl (C=O) groups is 8. The molecular weight excluding hydrogens is 1770 g/mol. The zero-order valence-electron chi connectivity index (χ0n) is 76.5. The number of nitrogens with zero attached hydrogens (tertiary/aromatic N) is 8. The highest BCUT2D eigenvalue weighted by Crippen LogP contribution is 2.33. The summed E-state index contributed by atoms with van der Waals surface area (Å²) in [7, 11) is 0. The molecule has 12 rings (SSSR count). The van der Waals surface area contributed by atoms with Crippen LogP contribution in [0.3, 0.4) is 0 Å². The number of rotatable bonds is 12. The van der Waals surface area contributed by atoms with E-state index in [1.165, 1.54) is 0 Å². The Morgan fingerprint density at radius 1 is 0.308 bits per heavy atom. The molecule has 8 aliphatic rings. The molecule has 4 fully saturated rings. The molecule has 8 heterocycles. The normalized spacial score (nSPS) is 21.1. The van der Waals surface area contributed by atoms with Crippen LogP contribution in [-0.4, -0.2) is 241 Å². The van der Waals surface area contributed by atoms with Crippen LogP contribution in [0.15, 0.2) is 154 Å². The fraction of sp³-hybridized carbons (Fsp3) is 0.480. The summed E-state index contributed by atoms with van der Waals surface area (Å²) < 4.78 is 22.1. The highest BCUT2D eigenvalue weighted by atomic mass is 35.5. The van der Waals surface area contributed by atoms with Crippen LogP contribution in [0.2, 0.25) is 10.0 Å². The third-order valence-corrected chi connectivity index (χ3v) is 26.6. The maximum atomic E-state index is 12.9. The molecule has 0 saturated carbocycles. The van der Waals surface area contributed by atoms with Crippen LogP contribution >= 0.6 is 70.2 Å². The molecule has 700 valence electrons. The average Bonchev–Trinajstić information content (AvgIpc) is 0.806. The summed E-state index contributed by atoms with van der Waals surface area (Å²) >= 11 is 20.7. The topological polar surface area (TPSA) is 273 Å². The van der Waals surface area contributed by atoms with Crippen molar-refractivity contribution in [2.75, 3.05) is 151 Å². The van der Waals surface area contributed by atoms with Gasteiger partial charge >= 0.3 is 23.9 Å². The number of ether oxygens (including phenoxy) is 4. The van der Waals surface area contributed by atoms with Crippen LogP contribution in [0, 0.1) is 55.4 Å². The van der Waals surface area contributed by atoms with Crippen molar-refractivity contribution in [3.63, 3.8) is 0 Å². The first kappa shape index (κ1) is 104. The van der Waals surface area contributed by atoms with Crippen LogP contribution in [0.5, 0.6) is 0 Å². The Morgan fingerprint density at radius 2 is 0.538 bits per heavy atom. The number of hydrogen-bond donors (Lipinski definition) is 0. The summed E-state index contributed by atoms with van der Waals surface area (Å²) in [5, 5.41) is 18.1. The van der Waals surface area contributed by atoms with E-state index in [2.05, 4.69) is 57.1 Å². The van der Waals surface area contributed by atoms with Gasteiger partial charge in [-0.05, 0) is 212 Å². The number of esters is 4. The second-order valence-electron chi connectivity index (χ2n) is 32.2. The first-order valence-electron chi connectivity index (χ1n) is 44.9. The first-order valence-corrected chi connectivity index (χ1v) is 50.3. The average molecular weight is 1900 g/mol. The number of aryl methyl sites for hydroxylation is 8. The van der Waals surface area contributed by atoms with E-state index in [-0.39, 0.29) is 62.0 Å². The minimum atomic E-state index is -0.391. The van der Waals surface area contributed by atoms with E-state index in [9.17, 15) is 38.4 Å². The number of allylic oxidation sites excluding steroid dienone is 12. The predicted octanol–water partition coefficient (Wildman–Crippen LogP) is 18.3. The van der Waals surface area contributed by atoms with Gasteiger partial charge in [-0.1, -0.05) is 164 Å². The molecule has 0 unspecified atom stereocenters. The van der Waals surface area contributed by atoms with Gasteiger partial charge in [0.1, 0.15) is 0 Å². The van der Waals surface area contributed by atoms with Gasteiger partial charge < -0.3 is 57.9 Å². The smallest absolute Gasteiger partial charge is 0.338 e. The van der Waals surface area contributed by atoms with Crippen molar-refractivity contribution in [1.29, 1.82) is 0 Å². The SMILES string of the molecule is Cc1cc(C)c2c(c1)CC(=N/OCC(=O)N1CCSCC1)/C=C/CC/C=C/CCOC2=O.Cc1cc(C)c2c(c1)CC(=N\OCC(=O)N1CCSCC1)/C=C/CC/C=C/CCOC2=O.Cc1cc(C)c2c(c1Cl)CC(=N/OCC(=O)N1CCSCC1)/C=C/CC/C=C/CCOC2=O.Cc1cc(C)c2c(c1Cl)CC(=N\OCC(=O)N1CCSCC1)/C=C/CC/C=C/CCOC2=O. The molecule has 0 spiro atoms. The molecule has 0 aliphatic carbocycles. The Bertz CT molecular complexity index is 4610. The standard InChI is InChI=1S/2C25H31ClN2O4S.2C25H32N2O4S/c2*1-18-15-19(2)24(26)21-16-20(27-32-17-22(29)28-10-13-33-14-11-28)9-7-5-3-4-6-8-12-31-25(30)23(18)21;2*1-19-15-20(2)24-21(16-19)17-22(9-7-5-3-4-6-8-12-30-25(24)29)26-31-18-23(28)27-10-13-32-14-11-27/h2*4,6-7,9,15H,3,5,8,10-14,16-17H2,1-2H3;2*4,6-7,9,15-16H,3,5,8,10-14,17-18H2,1-2H3/b6-4+,9-7+,27-20+;6-4+,9-7+,27-20-;6-4+,9-7+,26-22+;6-4+,9-7+,26-22-. The minimum absolute atomic E-state index is 0.0414. The van der Waals surface area contributed by atoms with Crippen LogP contribution < -0.4 is 0 Å². The number of cyclic esters (lactones) is 4. The van der Waals surface area contributed by atoms with Gasteiger partial charge in [0.05, 0.1) is 71.5 Å². The van der Waals surface area contributed by atoms with Gasteiger partial charge in [0.15, 0.2) is 26.4 Å². The van der Waals surface area contributed by atoms with E-state index >= 15 is 0 Å². The molecule has 0 aromatic heterocycles. The molecule has 8 aliphatic heterocycles. The number of carbonyl (C=O) groups excluding carboxylic acids is 8. The van der Waals surface area contributed by atoms with Crippen molar-refractivity contribution < 1.29 is 76.7 Å². The van der Waals surface area contributed by atoms with Crippen molar-refractivity contribution in [3.05, 3.63) is 233 Å². The third kappa shape index (κ3) is 35.5. The lowest BCUT2D eigenvalue weighted by molar-refractivity contribution is -0.136. The summed E-state index contributed by atoms with van der Waals surface area (Å²) in [4.78, 5) is 130. The second kappa shape index (κ2) is 57.7. The van der Waals surface area contributed by atoms with Crippen molar-refractivity contribution in [1.82, 2.24) is 19.6 Å². The van der Waals surface area contributed by atoms with Gasteiger partial charge in [-0.2, -0.15) is 47.0 Å². The van der Waals surface area contributed by atoms with Crippen LogP contribution in [0.1, 0.15) is 185 Å². The highest BCUT2D eigenvalue weighted by molar-refractivity contribution is 8.00. The fourth-order valence-corrected chi connectivity index (χ4v) is 19.3. The second-order valence-corrected chi connectivity index (χ2v) is 37.8. The van der Waals surface area contributed by atoms with E-state index in [1.54, 1.807) is 9.80 Å². The quantitative estimate of drug-likeness (QED) is 0.0551. The summed E-state index contributed by atoms with van der Waals surface area (Å²) in [6.45, 7) is 22.4. The summed E-state index contributed by atoms with van der Waals surface area (Å²) in [6, 6.07) is 11.8. The molecule has 4 aromatic rings. The number of thioether (sulfide) groups is 4. The molecule has 30 heteroatoms. The van der Waals surface area contributed by atoms with Gasteiger partial charge in [-0.3, -0.25) is 19.2 Å². The Hall–Kier alpha value is -9.58. The summed E-state index contributed by atoms with van der Waals surface area (Å²) in [6.07, 6.45) is 43.4. The van der Waals surface area contributed by atoms with E-state index < -0.39 is 11.9 Å². The van der Waals surface area contributed by atoms with Gasteiger partial charge in [0.2, 0.25) is 0 Å². The molecule has 4 aromatic carbocycles. The van der Waals surface area contributed by atoms with E-state index in [1.807, 2.05) is 209 Å². The monoisotopic (exact) mass is 1890 g/mol. The zero-order chi connectivity index (χ0) is 92.8. The van der Waals surface area contributed by atoms with Crippen LogP contribution in [0.4, 0.5) is 0 Å². The van der Waals surface area contributed by atoms with Gasteiger partial charge in [0.25, 0.3) is 23.6 Å². The Kier molecular flexibility index (Phi) is 46.2. The largest absolute Gasteiger partial charge is 0.462 e. The van der Waals surface area contributed by atoms with Crippen molar-refractivity contribution in [3.8, 4) is 0 Å². The van der Waals surface area contributed by atoms with Crippen molar-refractivity contribution in [2.45, 2.75) is 158 Å². The molecular formula is C100H126Cl2N8O16S4. The molecule has 4 amide bonds. The Balaban J connectivity index is 0.000000195. The van der Waals surface area contributed by atoms with Crippen LogP contribution in [0.25, 0.3) is 0 Å². The molecule has 130 heavy (non-hydrogen) atoms. The van der Waals surface area contributed by atoms with Gasteiger partial charge in [0, 0.05) is 134 Å². The van der Waals surface area contributed by atoms with Gasteiger partial charge in [-0.15, -0.1) is 0 Å². The lowest BCUT2D eigenvalue weighted by Gasteiger charge is -2.25. The molecule has 0 radical (unpaired) electrons. The van der Waals surface area contributed by atoms with Gasteiger partial charge in [-0.25, -0.2) is 19.2 Å². The third-order valence-electron chi connectivity index (χ3n) is 21.8. The number of benzene rings is 4. The number of amides is 4. The highest BCUT2D eigenvalue weighted by Gasteiger charge is 2.28. The van der Waals surface area contributed by atoms with Crippen molar-refractivity contribution >= 4 is 141 Å². The Morgan fingerprint density at radius 3 is 0.808 bits per heavy atom. The van der Waals surface area contributed by atoms with Crippen LogP contribution in [-0.2, 0) is 83.2 Å².